The minimum atomic E-state index is -2.10. The average molecular weight is 618 g/mol. The van der Waals surface area contributed by atoms with Gasteiger partial charge < -0.3 is 18.9 Å². The summed E-state index contributed by atoms with van der Waals surface area (Å²) < 4.78 is 17.7. The molecular weight excluding hydrogens is 578 g/mol. The van der Waals surface area contributed by atoms with Gasteiger partial charge in [0, 0.05) is 23.1 Å². The number of hydrogen-bond donors (Lipinski definition) is 1. The number of esters is 1. The molecule has 7 nitrogen and oxygen atoms in total. The lowest BCUT2D eigenvalue weighted by molar-refractivity contribution is -0.149. The van der Waals surface area contributed by atoms with Crippen LogP contribution in [0.4, 0.5) is 5.82 Å². The molecule has 0 fully saturated rings. The zero-order valence-electron chi connectivity index (χ0n) is 26.1. The fourth-order valence-corrected chi connectivity index (χ4v) is 5.16. The molecule has 0 aliphatic rings. The molecule has 43 heavy (non-hydrogen) atoms. The summed E-state index contributed by atoms with van der Waals surface area (Å²) in [6.07, 6.45) is 5.28. The van der Waals surface area contributed by atoms with Gasteiger partial charge in [-0.3, -0.25) is 0 Å². The molecular formula is C34H40ClN3O4Si. The number of furan rings is 1. The van der Waals surface area contributed by atoms with Gasteiger partial charge in [0.05, 0.1) is 23.8 Å². The highest BCUT2D eigenvalue weighted by Gasteiger charge is 2.39. The van der Waals surface area contributed by atoms with Crippen molar-refractivity contribution in [1.82, 2.24) is 9.97 Å². The first kappa shape index (κ1) is 32.0. The van der Waals surface area contributed by atoms with Crippen LogP contribution in [0.15, 0.2) is 83.2 Å². The quantitative estimate of drug-likeness (QED) is 0.114. The van der Waals surface area contributed by atoms with Crippen molar-refractivity contribution in [1.29, 1.82) is 0 Å². The summed E-state index contributed by atoms with van der Waals surface area (Å²) in [6.45, 7) is 16.4. The maximum absolute atomic E-state index is 13.2. The lowest BCUT2D eigenvalue weighted by atomic mass is 10.1. The van der Waals surface area contributed by atoms with Gasteiger partial charge in [0.25, 0.3) is 0 Å². The lowest BCUT2D eigenvalue weighted by Gasteiger charge is -2.36. The van der Waals surface area contributed by atoms with E-state index in [4.69, 9.17) is 35.1 Å². The van der Waals surface area contributed by atoms with Crippen molar-refractivity contribution >= 4 is 37.8 Å². The number of ether oxygens (including phenoxy) is 1. The van der Waals surface area contributed by atoms with Crippen LogP contribution in [-0.4, -0.2) is 29.9 Å². The van der Waals surface area contributed by atoms with E-state index in [1.807, 2.05) is 69.3 Å². The van der Waals surface area contributed by atoms with E-state index in [0.717, 1.165) is 11.1 Å². The fraction of sp³-hybridized carbons (Fsp3) is 0.324. The van der Waals surface area contributed by atoms with E-state index in [-0.39, 0.29) is 10.7 Å². The molecule has 0 aliphatic carbocycles. The van der Waals surface area contributed by atoms with Crippen molar-refractivity contribution in [2.75, 3.05) is 5.32 Å². The molecule has 4 aromatic rings. The fourth-order valence-electron chi connectivity index (χ4n) is 3.92. The Balaban J connectivity index is 1.76. The zero-order chi connectivity index (χ0) is 31.4. The summed E-state index contributed by atoms with van der Waals surface area (Å²) in [6, 6.07) is 19.1. The highest BCUT2D eigenvalue weighted by molar-refractivity contribution is 6.74. The second-order valence-corrected chi connectivity index (χ2v) is 18.1. The number of carbonyl (C=O) groups excluding carboxylic acids is 1. The van der Waals surface area contributed by atoms with Crippen LogP contribution in [0, 0.1) is 0 Å². The molecule has 0 radical (unpaired) electrons. The van der Waals surface area contributed by atoms with E-state index in [9.17, 15) is 4.79 Å². The van der Waals surface area contributed by atoms with Gasteiger partial charge in [-0.15, -0.1) is 0 Å². The lowest BCUT2D eigenvalue weighted by Crippen LogP contribution is -2.43. The molecule has 1 N–H and O–H groups in total. The second-order valence-electron chi connectivity index (χ2n) is 13.0. The number of aromatic nitrogens is 2. The van der Waals surface area contributed by atoms with Gasteiger partial charge >= 0.3 is 5.97 Å². The summed E-state index contributed by atoms with van der Waals surface area (Å²) in [7, 11) is -2.10. The predicted molar refractivity (Wildman–Crippen MR) is 176 cm³/mol. The Kier molecular flexibility index (Phi) is 9.52. The Hall–Kier alpha value is -3.88. The first-order valence-corrected chi connectivity index (χ1v) is 17.5. The number of hydrogen-bond acceptors (Lipinski definition) is 7. The summed E-state index contributed by atoms with van der Waals surface area (Å²) in [4.78, 5) is 23.0. The molecule has 0 amide bonds. The molecule has 0 aliphatic heterocycles. The topological polar surface area (TPSA) is 86.5 Å². The summed E-state index contributed by atoms with van der Waals surface area (Å²) in [5, 5.41) is 3.76. The van der Waals surface area contributed by atoms with Crippen molar-refractivity contribution in [3.8, 4) is 17.0 Å². The molecule has 0 atom stereocenters. The smallest absolute Gasteiger partial charge is 0.355 e. The van der Waals surface area contributed by atoms with Crippen molar-refractivity contribution in [2.45, 2.75) is 71.7 Å². The van der Waals surface area contributed by atoms with Crippen LogP contribution in [0.1, 0.15) is 58.6 Å². The summed E-state index contributed by atoms with van der Waals surface area (Å²) >= 11 is 6.58. The molecule has 2 aromatic carbocycles. The summed E-state index contributed by atoms with van der Waals surface area (Å²) in [5.41, 5.74) is 2.58. The molecule has 4 rings (SSSR count). The molecule has 0 saturated heterocycles. The normalized spacial score (nSPS) is 12.6. The minimum Gasteiger partial charge on any atom is -0.543 e. The third-order valence-corrected chi connectivity index (χ3v) is 11.7. The highest BCUT2D eigenvalue weighted by Crippen LogP contribution is 2.39. The number of anilines is 1. The summed E-state index contributed by atoms with van der Waals surface area (Å²) in [5.74, 6) is 1.09. The molecule has 2 heterocycles. The van der Waals surface area contributed by atoms with Crippen molar-refractivity contribution in [3.63, 3.8) is 0 Å². The van der Waals surface area contributed by atoms with E-state index in [1.165, 1.54) is 0 Å². The number of nitrogens with zero attached hydrogens (tertiary/aromatic N) is 2. The van der Waals surface area contributed by atoms with E-state index < -0.39 is 19.9 Å². The first-order valence-electron chi connectivity index (χ1n) is 14.2. The Morgan fingerprint density at radius 1 is 1.02 bits per heavy atom. The molecule has 9 heteroatoms. The number of rotatable bonds is 9. The molecule has 0 bridgehead atoms. The molecule has 0 saturated carbocycles. The van der Waals surface area contributed by atoms with Crippen LogP contribution < -0.4 is 9.74 Å². The van der Waals surface area contributed by atoms with Gasteiger partial charge in [0.15, 0.2) is 5.82 Å². The van der Waals surface area contributed by atoms with Crippen LogP contribution >= 0.6 is 11.6 Å². The Labute approximate surface area is 260 Å². The van der Waals surface area contributed by atoms with Crippen LogP contribution in [0.25, 0.3) is 17.3 Å². The standard InChI is InChI=1S/C34H40ClN3O4Si/c1-33(2,3)41-32(39)29(21-26-15-12-16-40-26)38-31-28(17-23-13-10-9-11-14-23)37-30(22-36-31)24-18-25(35)20-27(19-24)42-43(7,8)34(4,5)6/h9-16,18-22H,17H2,1-8H3,(H,36,38)/b29-21-. The third kappa shape index (κ3) is 8.81. The van der Waals surface area contributed by atoms with Gasteiger partial charge in [-0.1, -0.05) is 62.7 Å². The maximum Gasteiger partial charge on any atom is 0.355 e. The average Bonchev–Trinajstić information content (AvgIpc) is 3.41. The zero-order valence-corrected chi connectivity index (χ0v) is 27.9. The van der Waals surface area contributed by atoms with Crippen LogP contribution in [0.5, 0.6) is 5.75 Å². The van der Waals surface area contributed by atoms with Crippen LogP contribution in [0.3, 0.4) is 0 Å². The molecule has 226 valence electrons. The first-order chi connectivity index (χ1) is 20.1. The third-order valence-electron chi connectivity index (χ3n) is 7.11. The van der Waals surface area contributed by atoms with Gasteiger partial charge in [0.1, 0.15) is 22.8 Å². The van der Waals surface area contributed by atoms with Crippen molar-refractivity contribution in [3.05, 3.63) is 101 Å². The Bertz CT molecular complexity index is 1590. The molecule has 2 aromatic heterocycles. The van der Waals surface area contributed by atoms with E-state index in [2.05, 4.69) is 39.2 Å². The SMILES string of the molecule is CC(C)(C)OC(=O)/C(=C/c1ccco1)Nc1ncc(-c2cc(Cl)cc(O[Si](C)(C)C(C)(C)C)c2)nc1Cc1ccccc1. The number of halogens is 1. The van der Waals surface area contributed by atoms with E-state index in [1.54, 1.807) is 30.7 Å². The number of nitrogens with one attached hydrogen (secondary N) is 1. The predicted octanol–water partition coefficient (Wildman–Crippen LogP) is 9.16. The Morgan fingerprint density at radius 3 is 2.37 bits per heavy atom. The van der Waals surface area contributed by atoms with Gasteiger partial charge in [-0.05, 0) is 74.8 Å². The number of carbonyl (C=O) groups is 1. The van der Waals surface area contributed by atoms with Crippen molar-refractivity contribution in [2.24, 2.45) is 0 Å². The van der Waals surface area contributed by atoms with Crippen LogP contribution in [-0.2, 0) is 16.0 Å². The maximum atomic E-state index is 13.2. The van der Waals surface area contributed by atoms with Gasteiger partial charge in [-0.25, -0.2) is 14.8 Å². The Morgan fingerprint density at radius 2 is 1.74 bits per heavy atom. The molecule has 0 spiro atoms. The van der Waals surface area contributed by atoms with Crippen LogP contribution in [0.2, 0.25) is 23.2 Å². The second kappa shape index (κ2) is 12.8. The highest BCUT2D eigenvalue weighted by atomic mass is 35.5. The van der Waals surface area contributed by atoms with Gasteiger partial charge in [0.2, 0.25) is 8.32 Å². The van der Waals surface area contributed by atoms with Crippen molar-refractivity contribution < 1.29 is 18.4 Å². The van der Waals surface area contributed by atoms with Gasteiger partial charge in [-0.2, -0.15) is 0 Å². The number of benzene rings is 2. The van der Waals surface area contributed by atoms with E-state index >= 15 is 0 Å². The largest absolute Gasteiger partial charge is 0.543 e. The minimum absolute atomic E-state index is 0.0282. The monoisotopic (exact) mass is 617 g/mol. The molecule has 0 unspecified atom stereocenters. The van der Waals surface area contributed by atoms with E-state index in [0.29, 0.717) is 40.2 Å².